The molecular weight excluding hydrogens is 451 g/mol. The van der Waals surface area contributed by atoms with Crippen molar-refractivity contribution in [2.75, 3.05) is 27.4 Å². The number of ether oxygens (including phenoxy) is 2. The Balaban J connectivity index is 0.00000312. The molecule has 0 atom stereocenters. The summed E-state index contributed by atoms with van der Waals surface area (Å²) in [5.74, 6) is 1.36. The first kappa shape index (κ1) is 21.7. The van der Waals surface area contributed by atoms with Gasteiger partial charge in [0, 0.05) is 42.2 Å². The lowest BCUT2D eigenvalue weighted by Gasteiger charge is -2.13. The van der Waals surface area contributed by atoms with Crippen LogP contribution in [-0.4, -0.2) is 38.3 Å². The molecule has 0 saturated carbocycles. The highest BCUT2D eigenvalue weighted by atomic mass is 127. The van der Waals surface area contributed by atoms with Crippen molar-refractivity contribution in [1.29, 1.82) is 0 Å². The summed E-state index contributed by atoms with van der Waals surface area (Å²) in [5, 5.41) is 6.59. The van der Waals surface area contributed by atoms with Crippen LogP contribution in [0.2, 0.25) is 0 Å². The summed E-state index contributed by atoms with van der Waals surface area (Å²) in [4.78, 5) is 11.1. The second-order valence-corrected chi connectivity index (χ2v) is 6.47. The third kappa shape index (κ3) is 7.57. The third-order valence-corrected chi connectivity index (χ3v) is 4.27. The first-order chi connectivity index (χ1) is 11.7. The van der Waals surface area contributed by atoms with Crippen LogP contribution >= 0.6 is 35.3 Å². The predicted octanol–water partition coefficient (Wildman–Crippen LogP) is 2.96. The molecule has 0 aromatic carbocycles. The summed E-state index contributed by atoms with van der Waals surface area (Å²) in [6.07, 6.45) is 1.72. The number of aromatic nitrogens is 1. The number of thiophene rings is 1. The van der Waals surface area contributed by atoms with E-state index in [-0.39, 0.29) is 24.0 Å². The number of aliphatic imine (C=N–C) groups is 1. The number of guanidine groups is 1. The van der Waals surface area contributed by atoms with E-state index in [1.54, 1.807) is 31.7 Å². The Bertz CT molecular complexity index is 664. The molecule has 2 aromatic heterocycles. The average Bonchev–Trinajstić information content (AvgIpc) is 3.02. The van der Waals surface area contributed by atoms with E-state index in [9.17, 15) is 0 Å². The molecule has 138 valence electrons. The van der Waals surface area contributed by atoms with Crippen LogP contribution in [0.4, 0.5) is 0 Å². The molecule has 2 aromatic rings. The van der Waals surface area contributed by atoms with Crippen LogP contribution in [0, 0.1) is 6.92 Å². The molecule has 0 fully saturated rings. The average molecular weight is 476 g/mol. The van der Waals surface area contributed by atoms with Gasteiger partial charge in [-0.25, -0.2) is 4.98 Å². The SMILES string of the molecule is CN=C(NCc1ccc(C)s1)NCc1cccnc1OCCOC.I. The van der Waals surface area contributed by atoms with Crippen LogP contribution in [-0.2, 0) is 17.8 Å². The van der Waals surface area contributed by atoms with Crippen molar-refractivity contribution in [3.05, 3.63) is 45.8 Å². The maximum atomic E-state index is 5.64. The highest BCUT2D eigenvalue weighted by Crippen LogP contribution is 2.15. The molecule has 2 N–H and O–H groups in total. The molecule has 0 unspecified atom stereocenters. The van der Waals surface area contributed by atoms with Gasteiger partial charge in [-0.15, -0.1) is 35.3 Å². The minimum absolute atomic E-state index is 0. The van der Waals surface area contributed by atoms with Gasteiger partial charge in [0.2, 0.25) is 5.88 Å². The minimum atomic E-state index is 0. The molecule has 2 heterocycles. The second-order valence-electron chi connectivity index (χ2n) is 5.10. The van der Waals surface area contributed by atoms with Gasteiger partial charge in [-0.05, 0) is 25.1 Å². The van der Waals surface area contributed by atoms with Crippen LogP contribution in [0.15, 0.2) is 35.5 Å². The molecule has 0 spiro atoms. The Morgan fingerprint density at radius 1 is 1.20 bits per heavy atom. The molecular formula is C17H25IN4O2S. The lowest BCUT2D eigenvalue weighted by atomic mass is 10.2. The number of pyridine rings is 1. The molecule has 2 rings (SSSR count). The van der Waals surface area contributed by atoms with Crippen LogP contribution in [0.3, 0.4) is 0 Å². The minimum Gasteiger partial charge on any atom is -0.475 e. The van der Waals surface area contributed by atoms with E-state index in [0.717, 1.165) is 18.1 Å². The van der Waals surface area contributed by atoms with Gasteiger partial charge < -0.3 is 20.1 Å². The highest BCUT2D eigenvalue weighted by Gasteiger charge is 2.06. The Labute approximate surface area is 170 Å². The zero-order valence-electron chi connectivity index (χ0n) is 14.7. The fourth-order valence-corrected chi connectivity index (χ4v) is 2.89. The Kier molecular flexibility index (Phi) is 10.4. The van der Waals surface area contributed by atoms with Crippen molar-refractivity contribution in [3.8, 4) is 5.88 Å². The standard InChI is InChI=1S/C17H24N4O2S.HI/c1-13-6-7-15(24-13)12-21-17(18-2)20-11-14-5-4-8-19-16(14)23-10-9-22-3;/h4-8H,9-12H2,1-3H3,(H2,18,20,21);1H. The zero-order valence-corrected chi connectivity index (χ0v) is 17.9. The van der Waals surface area contributed by atoms with Crippen LogP contribution < -0.4 is 15.4 Å². The van der Waals surface area contributed by atoms with Crippen molar-refractivity contribution < 1.29 is 9.47 Å². The van der Waals surface area contributed by atoms with E-state index in [1.807, 2.05) is 12.1 Å². The largest absolute Gasteiger partial charge is 0.475 e. The number of aryl methyl sites for hydroxylation is 1. The molecule has 25 heavy (non-hydrogen) atoms. The van der Waals surface area contributed by atoms with Crippen LogP contribution in [0.25, 0.3) is 0 Å². The maximum Gasteiger partial charge on any atom is 0.218 e. The normalized spacial score (nSPS) is 10.9. The van der Waals surface area contributed by atoms with E-state index in [4.69, 9.17) is 9.47 Å². The van der Waals surface area contributed by atoms with Crippen molar-refractivity contribution >= 4 is 41.3 Å². The van der Waals surface area contributed by atoms with Gasteiger partial charge >= 0.3 is 0 Å². The van der Waals surface area contributed by atoms with Crippen molar-refractivity contribution in [2.45, 2.75) is 20.0 Å². The Hall–Kier alpha value is -1.39. The van der Waals surface area contributed by atoms with Crippen LogP contribution in [0.1, 0.15) is 15.3 Å². The monoisotopic (exact) mass is 476 g/mol. The number of methoxy groups -OCH3 is 1. The third-order valence-electron chi connectivity index (χ3n) is 3.27. The molecule has 0 amide bonds. The van der Waals surface area contributed by atoms with E-state index >= 15 is 0 Å². The van der Waals surface area contributed by atoms with Gasteiger partial charge in [0.25, 0.3) is 0 Å². The zero-order chi connectivity index (χ0) is 17.2. The fourth-order valence-electron chi connectivity index (χ4n) is 2.06. The molecule has 0 saturated heterocycles. The molecule has 8 heteroatoms. The fraction of sp³-hybridized carbons (Fsp3) is 0.412. The van der Waals surface area contributed by atoms with Gasteiger partial charge in [-0.3, -0.25) is 4.99 Å². The number of rotatable bonds is 8. The van der Waals surface area contributed by atoms with Crippen molar-refractivity contribution in [1.82, 2.24) is 15.6 Å². The summed E-state index contributed by atoms with van der Waals surface area (Å²) >= 11 is 1.78. The first-order valence-corrected chi connectivity index (χ1v) is 8.60. The number of hydrogen-bond donors (Lipinski definition) is 2. The smallest absolute Gasteiger partial charge is 0.218 e. The van der Waals surface area contributed by atoms with E-state index in [0.29, 0.717) is 25.6 Å². The molecule has 0 aliphatic heterocycles. The van der Waals surface area contributed by atoms with Gasteiger partial charge in [0.15, 0.2) is 5.96 Å². The van der Waals surface area contributed by atoms with Gasteiger partial charge in [-0.2, -0.15) is 0 Å². The van der Waals surface area contributed by atoms with Gasteiger partial charge in [-0.1, -0.05) is 6.07 Å². The summed E-state index contributed by atoms with van der Waals surface area (Å²) in [5.41, 5.74) is 0.975. The summed E-state index contributed by atoms with van der Waals surface area (Å²) in [6.45, 7) is 4.45. The van der Waals surface area contributed by atoms with Crippen molar-refractivity contribution in [2.24, 2.45) is 4.99 Å². The topological polar surface area (TPSA) is 67.8 Å². The number of hydrogen-bond acceptors (Lipinski definition) is 5. The van der Waals surface area contributed by atoms with Gasteiger partial charge in [0.1, 0.15) is 6.61 Å². The predicted molar refractivity (Wildman–Crippen MR) is 113 cm³/mol. The molecule has 0 aliphatic carbocycles. The number of nitrogens with one attached hydrogen (secondary N) is 2. The van der Waals surface area contributed by atoms with Crippen LogP contribution in [0.5, 0.6) is 5.88 Å². The Morgan fingerprint density at radius 2 is 2.00 bits per heavy atom. The molecule has 0 radical (unpaired) electrons. The quantitative estimate of drug-likeness (QED) is 0.266. The Morgan fingerprint density at radius 3 is 2.68 bits per heavy atom. The summed E-state index contributed by atoms with van der Waals surface area (Å²) in [7, 11) is 3.41. The van der Waals surface area contributed by atoms with E-state index in [1.165, 1.54) is 9.75 Å². The number of halogens is 1. The first-order valence-electron chi connectivity index (χ1n) is 7.78. The van der Waals surface area contributed by atoms with E-state index < -0.39 is 0 Å². The summed E-state index contributed by atoms with van der Waals surface area (Å²) < 4.78 is 10.6. The lowest BCUT2D eigenvalue weighted by Crippen LogP contribution is -2.36. The maximum absolute atomic E-state index is 5.64. The molecule has 0 aliphatic rings. The second kappa shape index (κ2) is 12.0. The highest BCUT2D eigenvalue weighted by molar-refractivity contribution is 14.0. The number of nitrogens with zero attached hydrogens (tertiary/aromatic N) is 2. The van der Waals surface area contributed by atoms with E-state index in [2.05, 4.69) is 39.7 Å². The summed E-state index contributed by atoms with van der Waals surface area (Å²) in [6, 6.07) is 8.13. The van der Waals surface area contributed by atoms with Gasteiger partial charge in [0.05, 0.1) is 13.2 Å². The lowest BCUT2D eigenvalue weighted by molar-refractivity contribution is 0.143. The van der Waals surface area contributed by atoms with Crippen molar-refractivity contribution in [3.63, 3.8) is 0 Å². The molecule has 6 nitrogen and oxygen atoms in total. The molecule has 0 bridgehead atoms.